The molecule has 17 heavy (non-hydrogen) atoms. The van der Waals surface area contributed by atoms with Crippen molar-refractivity contribution in [1.82, 2.24) is 4.98 Å². The van der Waals surface area contributed by atoms with Gasteiger partial charge in [-0.15, -0.1) is 0 Å². The maximum absolute atomic E-state index is 5.71. The number of nitrogens with two attached hydrogens (primary N) is 1. The summed E-state index contributed by atoms with van der Waals surface area (Å²) < 4.78 is 0. The maximum atomic E-state index is 5.71. The van der Waals surface area contributed by atoms with Gasteiger partial charge in [0.05, 0.1) is 0 Å². The van der Waals surface area contributed by atoms with Gasteiger partial charge in [-0.2, -0.15) is 0 Å². The molecule has 84 valence electrons. The Bertz CT molecular complexity index is 672. The molecule has 2 nitrogen and oxygen atoms in total. The molecule has 3 rings (SSSR count). The van der Waals surface area contributed by atoms with Crippen LogP contribution in [0.2, 0.25) is 0 Å². The molecule has 1 aliphatic carbocycles. The number of hydrogen-bond acceptors (Lipinski definition) is 2. The normalized spacial score (nSPS) is 13.4. The lowest BCUT2D eigenvalue weighted by Crippen LogP contribution is -2.26. The van der Waals surface area contributed by atoms with Crippen molar-refractivity contribution in [2.24, 2.45) is 0 Å². The molecule has 0 aliphatic heterocycles. The average molecular weight is 222 g/mol. The Balaban J connectivity index is 2.17. The summed E-state index contributed by atoms with van der Waals surface area (Å²) in [5, 5.41) is 2.66. The standard InChI is InChI=1S/C15H14N2/c16-15-10-14(7-8-17-15)13-6-5-11-3-1-2-4-12(11)9-13/h3-10H,1-2H2,(H2,16,17). The van der Waals surface area contributed by atoms with E-state index in [-0.39, 0.29) is 0 Å². The highest BCUT2D eigenvalue weighted by molar-refractivity contribution is 5.66. The fourth-order valence-corrected chi connectivity index (χ4v) is 2.22. The highest BCUT2D eigenvalue weighted by Gasteiger charge is 2.00. The molecule has 0 spiro atoms. The molecule has 1 aliphatic rings. The summed E-state index contributed by atoms with van der Waals surface area (Å²) in [5.74, 6) is 0.566. The Morgan fingerprint density at radius 1 is 0.882 bits per heavy atom. The van der Waals surface area contributed by atoms with Gasteiger partial charge in [0, 0.05) is 6.20 Å². The predicted octanol–water partition coefficient (Wildman–Crippen LogP) is 1.69. The van der Waals surface area contributed by atoms with Crippen LogP contribution in [0, 0.1) is 0 Å². The summed E-state index contributed by atoms with van der Waals surface area (Å²) in [5.41, 5.74) is 8.03. The van der Waals surface area contributed by atoms with Crippen LogP contribution < -0.4 is 16.2 Å². The second-order valence-corrected chi connectivity index (χ2v) is 4.30. The van der Waals surface area contributed by atoms with Crippen LogP contribution >= 0.6 is 0 Å². The molecular formula is C15H14N2. The molecule has 0 unspecified atom stereocenters. The SMILES string of the molecule is Nc1cc(-c2ccc3c(c2)=CCCC=3)ccn1. The molecular weight excluding hydrogens is 208 g/mol. The lowest BCUT2D eigenvalue weighted by Gasteiger charge is -2.05. The van der Waals surface area contributed by atoms with E-state index in [4.69, 9.17) is 5.73 Å². The van der Waals surface area contributed by atoms with E-state index in [2.05, 4.69) is 35.3 Å². The largest absolute Gasteiger partial charge is 0.384 e. The van der Waals surface area contributed by atoms with Gasteiger partial charge in [0.1, 0.15) is 5.82 Å². The monoisotopic (exact) mass is 222 g/mol. The van der Waals surface area contributed by atoms with Crippen molar-refractivity contribution < 1.29 is 0 Å². The van der Waals surface area contributed by atoms with Crippen LogP contribution in [0.4, 0.5) is 5.82 Å². The van der Waals surface area contributed by atoms with E-state index in [1.807, 2.05) is 12.1 Å². The van der Waals surface area contributed by atoms with Crippen LogP contribution in [0.3, 0.4) is 0 Å². The first-order chi connectivity index (χ1) is 8.33. The molecule has 0 radical (unpaired) electrons. The summed E-state index contributed by atoms with van der Waals surface area (Å²) >= 11 is 0. The topological polar surface area (TPSA) is 38.9 Å². The second kappa shape index (κ2) is 4.06. The Morgan fingerprint density at radius 3 is 2.47 bits per heavy atom. The highest BCUT2D eigenvalue weighted by atomic mass is 14.8. The summed E-state index contributed by atoms with van der Waals surface area (Å²) in [6.45, 7) is 0. The van der Waals surface area contributed by atoms with E-state index in [1.54, 1.807) is 6.20 Å². The number of fused-ring (bicyclic) bond motifs is 1. The molecule has 0 saturated heterocycles. The molecule has 0 saturated carbocycles. The quantitative estimate of drug-likeness (QED) is 0.797. The van der Waals surface area contributed by atoms with Crippen molar-refractivity contribution >= 4 is 18.0 Å². The van der Waals surface area contributed by atoms with E-state index in [0.717, 1.165) is 18.4 Å². The Labute approximate surface area is 100 Å². The first-order valence-corrected chi connectivity index (χ1v) is 5.85. The van der Waals surface area contributed by atoms with Crippen LogP contribution in [-0.2, 0) is 0 Å². The Hall–Kier alpha value is -2.09. The van der Waals surface area contributed by atoms with Gasteiger partial charge >= 0.3 is 0 Å². The zero-order valence-corrected chi connectivity index (χ0v) is 9.56. The number of anilines is 1. The van der Waals surface area contributed by atoms with Gasteiger partial charge in [-0.3, -0.25) is 0 Å². The molecule has 2 heteroatoms. The smallest absolute Gasteiger partial charge is 0.123 e. The predicted molar refractivity (Wildman–Crippen MR) is 71.5 cm³/mol. The minimum atomic E-state index is 0.566. The van der Waals surface area contributed by atoms with Gasteiger partial charge in [0.2, 0.25) is 0 Å². The van der Waals surface area contributed by atoms with Gasteiger partial charge in [0.15, 0.2) is 0 Å². The number of nitrogens with zero attached hydrogens (tertiary/aromatic N) is 1. The number of rotatable bonds is 1. The number of benzene rings is 1. The van der Waals surface area contributed by atoms with Gasteiger partial charge in [-0.1, -0.05) is 24.3 Å². The van der Waals surface area contributed by atoms with E-state index in [1.165, 1.54) is 16.0 Å². The lowest BCUT2D eigenvalue weighted by molar-refractivity contribution is 1.12. The fourth-order valence-electron chi connectivity index (χ4n) is 2.22. The average Bonchev–Trinajstić information content (AvgIpc) is 2.38. The van der Waals surface area contributed by atoms with Crippen LogP contribution in [0.15, 0.2) is 36.5 Å². The maximum Gasteiger partial charge on any atom is 0.123 e. The Kier molecular flexibility index (Phi) is 2.41. The lowest BCUT2D eigenvalue weighted by atomic mass is 10.0. The van der Waals surface area contributed by atoms with Gasteiger partial charge in [-0.05, 0) is 52.6 Å². The van der Waals surface area contributed by atoms with Crippen molar-refractivity contribution in [2.75, 3.05) is 5.73 Å². The third kappa shape index (κ3) is 1.94. The molecule has 1 aromatic carbocycles. The minimum Gasteiger partial charge on any atom is -0.384 e. The van der Waals surface area contributed by atoms with Gasteiger partial charge in [-0.25, -0.2) is 4.98 Å². The number of aromatic nitrogens is 1. The molecule has 2 N–H and O–H groups in total. The third-order valence-electron chi connectivity index (χ3n) is 3.10. The van der Waals surface area contributed by atoms with Crippen molar-refractivity contribution in [2.45, 2.75) is 12.8 Å². The van der Waals surface area contributed by atoms with Crippen LogP contribution in [0.25, 0.3) is 23.3 Å². The van der Waals surface area contributed by atoms with Crippen LogP contribution in [-0.4, -0.2) is 4.98 Å². The van der Waals surface area contributed by atoms with E-state index in [0.29, 0.717) is 5.82 Å². The molecule has 0 fully saturated rings. The van der Waals surface area contributed by atoms with Gasteiger partial charge in [0.25, 0.3) is 0 Å². The third-order valence-corrected chi connectivity index (χ3v) is 3.10. The van der Waals surface area contributed by atoms with E-state index >= 15 is 0 Å². The van der Waals surface area contributed by atoms with E-state index in [9.17, 15) is 0 Å². The van der Waals surface area contributed by atoms with Crippen LogP contribution in [0.1, 0.15) is 12.8 Å². The Morgan fingerprint density at radius 2 is 1.65 bits per heavy atom. The highest BCUT2D eigenvalue weighted by Crippen LogP contribution is 2.17. The molecule has 1 heterocycles. The van der Waals surface area contributed by atoms with E-state index < -0.39 is 0 Å². The van der Waals surface area contributed by atoms with Crippen molar-refractivity contribution in [3.63, 3.8) is 0 Å². The van der Waals surface area contributed by atoms with Crippen molar-refractivity contribution in [3.8, 4) is 11.1 Å². The molecule has 2 aromatic rings. The minimum absolute atomic E-state index is 0.566. The zero-order chi connectivity index (χ0) is 11.7. The summed E-state index contributed by atoms with van der Waals surface area (Å²) in [4.78, 5) is 4.02. The summed E-state index contributed by atoms with van der Waals surface area (Å²) in [6, 6.07) is 10.4. The number of nitrogen functional groups attached to an aromatic ring is 1. The summed E-state index contributed by atoms with van der Waals surface area (Å²) in [7, 11) is 0. The molecule has 0 amide bonds. The first-order valence-electron chi connectivity index (χ1n) is 5.85. The molecule has 0 atom stereocenters. The van der Waals surface area contributed by atoms with Gasteiger partial charge < -0.3 is 5.73 Å². The molecule has 0 bridgehead atoms. The van der Waals surface area contributed by atoms with Crippen molar-refractivity contribution in [3.05, 3.63) is 47.0 Å². The second-order valence-electron chi connectivity index (χ2n) is 4.30. The molecule has 1 aromatic heterocycles. The fraction of sp³-hybridized carbons (Fsp3) is 0.133. The zero-order valence-electron chi connectivity index (χ0n) is 9.56. The summed E-state index contributed by atoms with van der Waals surface area (Å²) in [6.07, 6.45) is 8.62. The number of hydrogen-bond donors (Lipinski definition) is 1. The first kappa shape index (κ1) is 10.1. The number of pyridine rings is 1. The van der Waals surface area contributed by atoms with Crippen molar-refractivity contribution in [1.29, 1.82) is 0 Å². The van der Waals surface area contributed by atoms with Crippen LogP contribution in [0.5, 0.6) is 0 Å².